The van der Waals surface area contributed by atoms with Gasteiger partial charge in [0.15, 0.2) is 0 Å². The molecule has 1 aromatic carbocycles. The molecule has 6 heteroatoms. The number of carbonyl (C=O) groups excluding carboxylic acids is 2. The van der Waals surface area contributed by atoms with Crippen molar-refractivity contribution in [1.82, 2.24) is 9.88 Å². The maximum absolute atomic E-state index is 12.2. The molecule has 0 fully saturated rings. The lowest BCUT2D eigenvalue weighted by Gasteiger charge is -2.21. The summed E-state index contributed by atoms with van der Waals surface area (Å²) in [6.07, 6.45) is 1.94. The molecule has 144 valence electrons. The second-order valence-electron chi connectivity index (χ2n) is 6.28. The van der Waals surface area contributed by atoms with Gasteiger partial charge in [0.2, 0.25) is 11.8 Å². The van der Waals surface area contributed by atoms with Gasteiger partial charge in [-0.1, -0.05) is 6.07 Å². The van der Waals surface area contributed by atoms with E-state index in [1.165, 1.54) is 6.92 Å². The number of hydrogen-bond donors (Lipinski definition) is 1. The fraction of sp³-hybridized carbons (Fsp3) is 0.381. The second-order valence-corrected chi connectivity index (χ2v) is 6.28. The van der Waals surface area contributed by atoms with Crippen LogP contribution in [0.2, 0.25) is 0 Å². The molecule has 2 rings (SSSR count). The summed E-state index contributed by atoms with van der Waals surface area (Å²) in [5.74, 6) is -0.185. The Kier molecular flexibility index (Phi) is 7.79. The van der Waals surface area contributed by atoms with E-state index >= 15 is 0 Å². The van der Waals surface area contributed by atoms with E-state index in [0.717, 1.165) is 30.2 Å². The summed E-state index contributed by atoms with van der Waals surface area (Å²) in [5.41, 5.74) is 2.70. The Morgan fingerprint density at radius 2 is 1.74 bits per heavy atom. The minimum Gasteiger partial charge on any atom is -0.372 e. The van der Waals surface area contributed by atoms with Crippen molar-refractivity contribution in [2.45, 2.75) is 33.7 Å². The van der Waals surface area contributed by atoms with Crippen LogP contribution in [0.3, 0.4) is 0 Å². The quantitative estimate of drug-likeness (QED) is 0.737. The first-order valence-electron chi connectivity index (χ1n) is 9.33. The highest BCUT2D eigenvalue weighted by Crippen LogP contribution is 2.17. The molecule has 0 aliphatic heterocycles. The molecule has 1 aromatic heterocycles. The Morgan fingerprint density at radius 1 is 1.04 bits per heavy atom. The van der Waals surface area contributed by atoms with E-state index in [9.17, 15) is 9.59 Å². The molecule has 0 spiro atoms. The van der Waals surface area contributed by atoms with E-state index < -0.39 is 0 Å². The third-order valence-electron chi connectivity index (χ3n) is 4.41. The van der Waals surface area contributed by atoms with Gasteiger partial charge >= 0.3 is 0 Å². The molecule has 0 unspecified atom stereocenters. The molecular weight excluding hydrogens is 340 g/mol. The van der Waals surface area contributed by atoms with Gasteiger partial charge < -0.3 is 15.1 Å². The number of nitrogens with zero attached hydrogens (tertiary/aromatic N) is 3. The SMILES string of the molecule is CCN(CC)c1ccc(NC(=O)CCN(Cc2ccccn2)C(C)=O)cc1. The molecule has 0 aliphatic carbocycles. The molecule has 2 aromatic rings. The van der Waals surface area contributed by atoms with Crippen molar-refractivity contribution in [2.75, 3.05) is 29.9 Å². The Bertz CT molecular complexity index is 728. The highest BCUT2D eigenvalue weighted by molar-refractivity contribution is 5.91. The van der Waals surface area contributed by atoms with Crippen LogP contribution < -0.4 is 10.2 Å². The normalized spacial score (nSPS) is 10.3. The van der Waals surface area contributed by atoms with Gasteiger partial charge in [0.25, 0.3) is 0 Å². The van der Waals surface area contributed by atoms with Crippen LogP contribution in [0.5, 0.6) is 0 Å². The van der Waals surface area contributed by atoms with Crippen LogP contribution in [0.1, 0.15) is 32.9 Å². The molecule has 27 heavy (non-hydrogen) atoms. The Balaban J connectivity index is 1.87. The van der Waals surface area contributed by atoms with Crippen LogP contribution in [0.4, 0.5) is 11.4 Å². The summed E-state index contributed by atoms with van der Waals surface area (Å²) < 4.78 is 0. The minimum absolute atomic E-state index is 0.0722. The molecule has 0 radical (unpaired) electrons. The van der Waals surface area contributed by atoms with Crippen molar-refractivity contribution in [1.29, 1.82) is 0 Å². The molecule has 2 amide bonds. The molecule has 6 nitrogen and oxygen atoms in total. The van der Waals surface area contributed by atoms with Crippen LogP contribution in [0, 0.1) is 0 Å². The number of amides is 2. The summed E-state index contributed by atoms with van der Waals surface area (Å²) in [6, 6.07) is 13.4. The lowest BCUT2D eigenvalue weighted by atomic mass is 10.2. The Labute approximate surface area is 161 Å². The fourth-order valence-electron chi connectivity index (χ4n) is 2.84. The summed E-state index contributed by atoms with van der Waals surface area (Å²) in [5, 5.41) is 2.89. The minimum atomic E-state index is -0.113. The number of hydrogen-bond acceptors (Lipinski definition) is 4. The number of pyridine rings is 1. The van der Waals surface area contributed by atoms with Crippen molar-refractivity contribution in [3.63, 3.8) is 0 Å². The Hall–Kier alpha value is -2.89. The summed E-state index contributed by atoms with van der Waals surface area (Å²) in [7, 11) is 0. The van der Waals surface area contributed by atoms with Crippen molar-refractivity contribution >= 4 is 23.2 Å². The zero-order valence-corrected chi connectivity index (χ0v) is 16.3. The van der Waals surface area contributed by atoms with Gasteiger partial charge in [-0.25, -0.2) is 0 Å². The van der Waals surface area contributed by atoms with Gasteiger partial charge in [0.05, 0.1) is 12.2 Å². The smallest absolute Gasteiger partial charge is 0.226 e. The van der Waals surface area contributed by atoms with Crippen molar-refractivity contribution in [3.8, 4) is 0 Å². The molecule has 0 aliphatic rings. The predicted octanol–water partition coefficient (Wildman–Crippen LogP) is 3.31. The first kappa shape index (κ1) is 20.4. The molecular formula is C21H28N4O2. The van der Waals surface area contributed by atoms with Gasteiger partial charge in [0, 0.05) is 50.6 Å². The molecule has 0 atom stereocenters. The second kappa shape index (κ2) is 10.3. The summed E-state index contributed by atoms with van der Waals surface area (Å²) >= 11 is 0. The monoisotopic (exact) mass is 368 g/mol. The summed E-state index contributed by atoms with van der Waals surface area (Å²) in [4.78, 5) is 32.2. The van der Waals surface area contributed by atoms with Crippen LogP contribution in [-0.4, -0.2) is 41.3 Å². The van der Waals surface area contributed by atoms with Gasteiger partial charge in [-0.15, -0.1) is 0 Å². The molecule has 1 heterocycles. The summed E-state index contributed by atoms with van der Waals surface area (Å²) in [6.45, 7) is 8.39. The van der Waals surface area contributed by atoms with E-state index in [0.29, 0.717) is 13.1 Å². The van der Waals surface area contributed by atoms with Gasteiger partial charge in [-0.05, 0) is 50.2 Å². The van der Waals surface area contributed by atoms with Gasteiger partial charge in [-0.2, -0.15) is 0 Å². The van der Waals surface area contributed by atoms with E-state index in [-0.39, 0.29) is 18.2 Å². The first-order valence-corrected chi connectivity index (χ1v) is 9.33. The van der Waals surface area contributed by atoms with E-state index in [2.05, 4.69) is 29.0 Å². The first-order chi connectivity index (χ1) is 13.0. The highest BCUT2D eigenvalue weighted by atomic mass is 16.2. The largest absolute Gasteiger partial charge is 0.372 e. The van der Waals surface area contributed by atoms with E-state index in [1.54, 1.807) is 11.1 Å². The van der Waals surface area contributed by atoms with E-state index in [1.807, 2.05) is 42.5 Å². The number of benzene rings is 1. The van der Waals surface area contributed by atoms with Crippen LogP contribution in [0.25, 0.3) is 0 Å². The predicted molar refractivity (Wildman–Crippen MR) is 109 cm³/mol. The number of carbonyl (C=O) groups is 2. The van der Waals surface area contributed by atoms with Crippen LogP contribution >= 0.6 is 0 Å². The average molecular weight is 368 g/mol. The van der Waals surface area contributed by atoms with Crippen LogP contribution in [0.15, 0.2) is 48.7 Å². The average Bonchev–Trinajstić information content (AvgIpc) is 2.68. The van der Waals surface area contributed by atoms with Gasteiger partial charge in [-0.3, -0.25) is 14.6 Å². The lowest BCUT2D eigenvalue weighted by Crippen LogP contribution is -2.31. The third kappa shape index (κ3) is 6.40. The maximum atomic E-state index is 12.2. The highest BCUT2D eigenvalue weighted by Gasteiger charge is 2.12. The zero-order chi connectivity index (χ0) is 19.6. The third-order valence-corrected chi connectivity index (χ3v) is 4.41. The zero-order valence-electron chi connectivity index (χ0n) is 16.3. The van der Waals surface area contributed by atoms with Crippen LogP contribution in [-0.2, 0) is 16.1 Å². The number of nitrogens with one attached hydrogen (secondary N) is 1. The van der Waals surface area contributed by atoms with Crippen molar-refractivity contribution in [2.24, 2.45) is 0 Å². The molecule has 1 N–H and O–H groups in total. The van der Waals surface area contributed by atoms with E-state index in [4.69, 9.17) is 0 Å². The standard InChI is InChI=1S/C21H28N4O2/c1-4-24(5-2)20-11-9-18(10-12-20)23-21(27)13-15-25(17(3)26)16-19-8-6-7-14-22-19/h6-12,14H,4-5,13,15-16H2,1-3H3,(H,23,27). The lowest BCUT2D eigenvalue weighted by molar-refractivity contribution is -0.130. The molecule has 0 bridgehead atoms. The van der Waals surface area contributed by atoms with Crippen molar-refractivity contribution in [3.05, 3.63) is 54.4 Å². The Morgan fingerprint density at radius 3 is 2.30 bits per heavy atom. The van der Waals surface area contributed by atoms with Gasteiger partial charge in [0.1, 0.15) is 0 Å². The van der Waals surface area contributed by atoms with Crippen molar-refractivity contribution < 1.29 is 9.59 Å². The molecule has 0 saturated carbocycles. The molecule has 0 saturated heterocycles. The number of aromatic nitrogens is 1. The number of anilines is 2. The number of rotatable bonds is 9. The maximum Gasteiger partial charge on any atom is 0.226 e. The topological polar surface area (TPSA) is 65.5 Å². The fourth-order valence-corrected chi connectivity index (χ4v) is 2.84.